The van der Waals surface area contributed by atoms with E-state index >= 15 is 0 Å². The summed E-state index contributed by atoms with van der Waals surface area (Å²) in [6, 6.07) is 44.9. The molecule has 0 aliphatic carbocycles. The Labute approximate surface area is 343 Å². The molecule has 0 saturated heterocycles. The predicted octanol–water partition coefficient (Wildman–Crippen LogP) is 11.4. The van der Waals surface area contributed by atoms with E-state index in [4.69, 9.17) is 30.9 Å². The maximum atomic E-state index is 13.7. The number of terminal acetylenes is 2. The van der Waals surface area contributed by atoms with E-state index in [1.165, 1.54) is 0 Å². The fourth-order valence-electron chi connectivity index (χ4n) is 8.64. The highest BCUT2D eigenvalue weighted by atomic mass is 31.2. The van der Waals surface area contributed by atoms with Crippen LogP contribution in [-0.2, 0) is 9.13 Å². The van der Waals surface area contributed by atoms with Crippen molar-refractivity contribution >= 4 is 58.7 Å². The van der Waals surface area contributed by atoms with Gasteiger partial charge in [-0.2, -0.15) is 0 Å². The van der Waals surface area contributed by atoms with Crippen LogP contribution in [0.4, 0.5) is 0 Å². The van der Waals surface area contributed by atoms with Crippen LogP contribution in [0.1, 0.15) is 11.1 Å². The van der Waals surface area contributed by atoms with E-state index < -0.39 is 15.6 Å². The van der Waals surface area contributed by atoms with Crippen molar-refractivity contribution in [2.45, 2.75) is 0 Å². The highest BCUT2D eigenvalue weighted by Crippen LogP contribution is 2.61. The van der Waals surface area contributed by atoms with Crippen LogP contribution >= 0.6 is 15.6 Å². The molecule has 0 radical (unpaired) electrons. The molecule has 0 spiro atoms. The molecular formula is C50H26O8P2-2. The van der Waals surface area contributed by atoms with Crippen LogP contribution in [0.25, 0.3) is 87.6 Å². The fourth-order valence-corrected chi connectivity index (χ4v) is 10.4. The van der Waals surface area contributed by atoms with E-state index in [0.717, 1.165) is 43.1 Å². The second kappa shape index (κ2) is 13.1. The number of phosphoric acid groups is 2. The second-order valence-corrected chi connectivity index (χ2v) is 17.0. The number of hydrogen-bond acceptors (Lipinski definition) is 8. The first-order valence-electron chi connectivity index (χ1n) is 18.8. The summed E-state index contributed by atoms with van der Waals surface area (Å²) in [6.07, 6.45) is 11.9. The van der Waals surface area contributed by atoms with Crippen LogP contribution in [0.15, 0.2) is 146 Å². The molecule has 10 heteroatoms. The summed E-state index contributed by atoms with van der Waals surface area (Å²) in [7, 11) is -10.1. The molecular weight excluding hydrogens is 790 g/mol. The predicted molar refractivity (Wildman–Crippen MR) is 232 cm³/mol. The number of fused-ring (bicyclic) bond motifs is 14. The van der Waals surface area contributed by atoms with Gasteiger partial charge in [0, 0.05) is 33.4 Å². The van der Waals surface area contributed by atoms with Crippen LogP contribution in [0.2, 0.25) is 0 Å². The molecule has 0 bridgehead atoms. The summed E-state index contributed by atoms with van der Waals surface area (Å²) in [5.74, 6) is 5.44. The summed E-state index contributed by atoms with van der Waals surface area (Å²) >= 11 is 0. The quantitative estimate of drug-likeness (QED) is 0.125. The Balaban J connectivity index is 1.17. The average Bonchev–Trinajstić information content (AvgIpc) is 3.47. The van der Waals surface area contributed by atoms with Crippen LogP contribution in [0.3, 0.4) is 0 Å². The van der Waals surface area contributed by atoms with Gasteiger partial charge >= 0.3 is 15.6 Å². The van der Waals surface area contributed by atoms with Crippen molar-refractivity contribution in [1.82, 2.24) is 0 Å². The molecule has 9 aromatic carbocycles. The maximum absolute atomic E-state index is 13.7. The normalized spacial score (nSPS) is 17.6. The molecule has 0 N–H and O–H groups in total. The van der Waals surface area contributed by atoms with Crippen molar-refractivity contribution in [1.29, 1.82) is 0 Å². The number of hydrogen-bond donors (Lipinski definition) is 0. The number of phosphoric ester groups is 2. The van der Waals surface area contributed by atoms with Gasteiger partial charge < -0.3 is 27.9 Å². The van der Waals surface area contributed by atoms with Crippen molar-refractivity contribution in [3.8, 4) is 92.2 Å². The van der Waals surface area contributed by atoms with Gasteiger partial charge in [-0.15, -0.1) is 12.8 Å². The third kappa shape index (κ3) is 5.52. The van der Waals surface area contributed by atoms with Crippen molar-refractivity contribution in [3.63, 3.8) is 0 Å². The number of rotatable bonds is 2. The minimum Gasteiger partial charge on any atom is -0.736 e. The molecule has 0 saturated carbocycles. The summed E-state index contributed by atoms with van der Waals surface area (Å²) in [4.78, 5) is 27.4. The molecule has 286 valence electrons. The molecule has 2 unspecified atom stereocenters. The van der Waals surface area contributed by atoms with Crippen LogP contribution in [0.5, 0.6) is 23.0 Å². The molecule has 2 atom stereocenters. The summed E-state index contributed by atoms with van der Waals surface area (Å²) in [5, 5.41) is 6.18. The zero-order chi connectivity index (χ0) is 40.9. The highest BCUT2D eigenvalue weighted by Gasteiger charge is 2.34. The molecule has 0 fully saturated rings. The Bertz CT molecular complexity index is 3330. The molecule has 9 aromatic rings. The summed E-state index contributed by atoms with van der Waals surface area (Å²) in [6.45, 7) is 0. The van der Waals surface area contributed by atoms with Gasteiger partial charge in [-0.3, -0.25) is 0 Å². The highest BCUT2D eigenvalue weighted by molar-refractivity contribution is 7.47. The van der Waals surface area contributed by atoms with E-state index in [2.05, 4.69) is 11.8 Å². The lowest BCUT2D eigenvalue weighted by Crippen LogP contribution is -2.13. The first-order valence-corrected chi connectivity index (χ1v) is 21.7. The average molecular weight is 817 g/mol. The maximum Gasteiger partial charge on any atom is 0.372 e. The standard InChI is InChI=1S/C50H28O8P2/c1-3-29-25-33-13-5-9-17-37(33)43-45-39-19-11-7-15-35(39)27-41(49(45)57-59(51,52)55-47(29)43)31-21-23-32(24-22-31)42-28-36-16-8-12-20-40(36)46-44-38-18-10-6-14-34(38)26-30(4-2)48(44)56-60(53,54)58-50(42)46/h1-2,5-28H,(H,51,52)(H,53,54)/p-2. The molecule has 2 aliphatic heterocycles. The van der Waals surface area contributed by atoms with Gasteiger partial charge in [-0.1, -0.05) is 133 Å². The van der Waals surface area contributed by atoms with Gasteiger partial charge in [-0.05, 0) is 78.5 Å². The monoisotopic (exact) mass is 816 g/mol. The van der Waals surface area contributed by atoms with Crippen LogP contribution in [-0.4, -0.2) is 0 Å². The Hall–Kier alpha value is -7.28. The summed E-state index contributed by atoms with van der Waals surface area (Å²) in [5.41, 5.74) is 4.75. The Morgan fingerprint density at radius 3 is 1.02 bits per heavy atom. The lowest BCUT2D eigenvalue weighted by Gasteiger charge is -2.24. The van der Waals surface area contributed by atoms with Crippen molar-refractivity contribution in [2.75, 3.05) is 0 Å². The van der Waals surface area contributed by atoms with E-state index in [9.17, 15) is 18.9 Å². The van der Waals surface area contributed by atoms with Crippen molar-refractivity contribution < 1.29 is 37.0 Å². The third-order valence-corrected chi connectivity index (χ3v) is 12.8. The Morgan fingerprint density at radius 2 is 0.683 bits per heavy atom. The molecule has 0 amide bonds. The first-order chi connectivity index (χ1) is 29.1. The van der Waals surface area contributed by atoms with Crippen LogP contribution < -0.4 is 27.9 Å². The van der Waals surface area contributed by atoms with Gasteiger partial charge in [0.15, 0.2) is 11.5 Å². The zero-order valence-electron chi connectivity index (χ0n) is 31.2. The van der Waals surface area contributed by atoms with Gasteiger partial charge in [0.05, 0.1) is 11.1 Å². The molecule has 2 heterocycles. The smallest absolute Gasteiger partial charge is 0.372 e. The van der Waals surface area contributed by atoms with Gasteiger partial charge in [0.2, 0.25) is 0 Å². The Morgan fingerprint density at radius 1 is 0.400 bits per heavy atom. The lowest BCUT2D eigenvalue weighted by atomic mass is 9.86. The Kier molecular flexibility index (Phi) is 7.84. The van der Waals surface area contributed by atoms with E-state index in [-0.39, 0.29) is 34.1 Å². The topological polar surface area (TPSA) is 117 Å². The third-order valence-electron chi connectivity index (χ3n) is 11.1. The number of benzene rings is 9. The largest absolute Gasteiger partial charge is 0.736 e. The van der Waals surface area contributed by atoms with E-state index in [1.807, 2.05) is 133 Å². The van der Waals surface area contributed by atoms with Gasteiger partial charge in [0.1, 0.15) is 11.5 Å². The van der Waals surface area contributed by atoms with Crippen LogP contribution in [0, 0.1) is 24.7 Å². The SMILES string of the molecule is C#Cc1cc2ccccc2c2c1OP(=O)([O-])Oc1c(-c3ccc(-c4cc5ccccc5c5c4OP(=O)([O-])Oc4c(C#C)cc6ccccc6c4-5)cc3)cc3ccccc3c1-2. The first kappa shape index (κ1) is 35.8. The molecule has 2 aliphatic rings. The van der Waals surface area contributed by atoms with Gasteiger partial charge in [-0.25, -0.2) is 9.13 Å². The molecule has 60 heavy (non-hydrogen) atoms. The second-order valence-electron chi connectivity index (χ2n) is 14.5. The van der Waals surface area contributed by atoms with Crippen molar-refractivity contribution in [2.24, 2.45) is 0 Å². The van der Waals surface area contributed by atoms with Gasteiger partial charge in [0.25, 0.3) is 0 Å². The molecule has 8 nitrogen and oxygen atoms in total. The minimum atomic E-state index is -5.04. The minimum absolute atomic E-state index is 0.0197. The zero-order valence-corrected chi connectivity index (χ0v) is 33.0. The molecule has 11 rings (SSSR count). The van der Waals surface area contributed by atoms with E-state index in [0.29, 0.717) is 44.5 Å². The lowest BCUT2D eigenvalue weighted by molar-refractivity contribution is -0.209. The van der Waals surface area contributed by atoms with Crippen molar-refractivity contribution in [3.05, 3.63) is 157 Å². The fraction of sp³-hybridized carbons (Fsp3) is 0. The van der Waals surface area contributed by atoms with E-state index in [1.54, 1.807) is 12.1 Å². The summed E-state index contributed by atoms with van der Waals surface area (Å²) < 4.78 is 50.7. The molecule has 0 aromatic heterocycles.